The number of benzene rings is 1. The number of rotatable bonds is 5. The monoisotopic (exact) mass is 348 g/mol. The summed E-state index contributed by atoms with van der Waals surface area (Å²) >= 11 is 0. The standard InChI is InChI=1S/C20H20N4O2/c1-13-11-18(21-12-17-5-4-10-26-17)24-20(22-13)19(14(2)23-24)15-6-8-16(25-3)9-7-15/h4-11,21H,12H2,1-3H3. The van der Waals surface area contributed by atoms with Gasteiger partial charge in [-0.05, 0) is 43.7 Å². The highest BCUT2D eigenvalue weighted by molar-refractivity contribution is 5.81. The molecule has 0 unspecified atom stereocenters. The molecule has 132 valence electrons. The van der Waals surface area contributed by atoms with Crippen molar-refractivity contribution < 1.29 is 9.15 Å². The molecule has 26 heavy (non-hydrogen) atoms. The summed E-state index contributed by atoms with van der Waals surface area (Å²) in [5.74, 6) is 2.58. The van der Waals surface area contributed by atoms with Crippen LogP contribution in [0.1, 0.15) is 17.1 Å². The summed E-state index contributed by atoms with van der Waals surface area (Å²) in [4.78, 5) is 4.73. The lowest BCUT2D eigenvalue weighted by Gasteiger charge is -2.09. The summed E-state index contributed by atoms with van der Waals surface area (Å²) in [6, 6.07) is 13.8. The fourth-order valence-corrected chi connectivity index (χ4v) is 3.06. The van der Waals surface area contributed by atoms with Crippen LogP contribution in [-0.2, 0) is 6.54 Å². The summed E-state index contributed by atoms with van der Waals surface area (Å²) < 4.78 is 12.5. The third-order valence-electron chi connectivity index (χ3n) is 4.29. The molecule has 4 rings (SSSR count). The van der Waals surface area contributed by atoms with Crippen LogP contribution in [0.25, 0.3) is 16.8 Å². The van der Waals surface area contributed by atoms with E-state index < -0.39 is 0 Å². The van der Waals surface area contributed by atoms with Crippen LogP contribution in [0.15, 0.2) is 53.1 Å². The Morgan fingerprint density at radius 3 is 2.65 bits per heavy atom. The molecule has 0 bridgehead atoms. The molecule has 0 atom stereocenters. The van der Waals surface area contributed by atoms with Gasteiger partial charge in [0.15, 0.2) is 5.65 Å². The fraction of sp³-hybridized carbons (Fsp3) is 0.200. The lowest BCUT2D eigenvalue weighted by molar-refractivity contribution is 0.415. The van der Waals surface area contributed by atoms with Crippen molar-refractivity contribution in [2.24, 2.45) is 0 Å². The van der Waals surface area contributed by atoms with E-state index in [0.29, 0.717) is 6.54 Å². The van der Waals surface area contributed by atoms with Crippen molar-refractivity contribution in [3.05, 3.63) is 65.9 Å². The number of ether oxygens (including phenoxy) is 1. The summed E-state index contributed by atoms with van der Waals surface area (Å²) in [7, 11) is 1.66. The Balaban J connectivity index is 1.78. The zero-order valence-electron chi connectivity index (χ0n) is 15.0. The van der Waals surface area contributed by atoms with E-state index in [0.717, 1.165) is 45.5 Å². The van der Waals surface area contributed by atoms with Crippen molar-refractivity contribution in [3.63, 3.8) is 0 Å². The molecule has 6 nitrogen and oxygen atoms in total. The number of nitrogens with one attached hydrogen (secondary N) is 1. The van der Waals surface area contributed by atoms with Crippen LogP contribution in [0.5, 0.6) is 5.75 Å². The second-order valence-electron chi connectivity index (χ2n) is 6.14. The minimum atomic E-state index is 0.586. The zero-order valence-corrected chi connectivity index (χ0v) is 15.0. The first-order valence-corrected chi connectivity index (χ1v) is 8.43. The van der Waals surface area contributed by atoms with Gasteiger partial charge in [-0.25, -0.2) is 4.98 Å². The topological polar surface area (TPSA) is 64.6 Å². The van der Waals surface area contributed by atoms with Crippen molar-refractivity contribution in [1.29, 1.82) is 0 Å². The molecule has 6 heteroatoms. The number of hydrogen-bond donors (Lipinski definition) is 1. The van der Waals surface area contributed by atoms with Crippen molar-refractivity contribution in [1.82, 2.24) is 14.6 Å². The highest BCUT2D eigenvalue weighted by Gasteiger charge is 2.16. The third-order valence-corrected chi connectivity index (χ3v) is 4.29. The van der Waals surface area contributed by atoms with E-state index in [2.05, 4.69) is 5.32 Å². The van der Waals surface area contributed by atoms with Crippen LogP contribution in [0, 0.1) is 13.8 Å². The maximum atomic E-state index is 5.40. The van der Waals surface area contributed by atoms with Crippen LogP contribution in [0.2, 0.25) is 0 Å². The van der Waals surface area contributed by atoms with Gasteiger partial charge in [-0.3, -0.25) is 0 Å². The number of furan rings is 1. The molecule has 0 saturated carbocycles. The quantitative estimate of drug-likeness (QED) is 0.585. The second-order valence-corrected chi connectivity index (χ2v) is 6.14. The predicted octanol–water partition coefficient (Wildman–Crippen LogP) is 4.23. The molecule has 4 aromatic rings. The molecule has 1 aromatic carbocycles. The molecule has 0 aliphatic heterocycles. The lowest BCUT2D eigenvalue weighted by Crippen LogP contribution is -2.06. The second kappa shape index (κ2) is 6.55. The SMILES string of the molecule is COc1ccc(-c2c(C)nn3c(NCc4ccco4)cc(C)nc23)cc1. The summed E-state index contributed by atoms with van der Waals surface area (Å²) in [6.45, 7) is 4.57. The minimum Gasteiger partial charge on any atom is -0.497 e. The average Bonchev–Trinajstić information content (AvgIpc) is 3.27. The average molecular weight is 348 g/mol. The molecule has 3 heterocycles. The number of nitrogens with zero attached hydrogens (tertiary/aromatic N) is 3. The fourth-order valence-electron chi connectivity index (χ4n) is 3.06. The smallest absolute Gasteiger partial charge is 0.165 e. The Kier molecular flexibility index (Phi) is 4.08. The minimum absolute atomic E-state index is 0.586. The highest BCUT2D eigenvalue weighted by atomic mass is 16.5. The first kappa shape index (κ1) is 16.2. The van der Waals surface area contributed by atoms with Gasteiger partial charge in [-0.15, -0.1) is 0 Å². The van der Waals surface area contributed by atoms with Crippen LogP contribution in [0.3, 0.4) is 0 Å². The third kappa shape index (κ3) is 2.90. The predicted molar refractivity (Wildman–Crippen MR) is 100 cm³/mol. The van der Waals surface area contributed by atoms with Crippen molar-refractivity contribution in [2.75, 3.05) is 12.4 Å². The first-order valence-electron chi connectivity index (χ1n) is 8.43. The van der Waals surface area contributed by atoms with Gasteiger partial charge < -0.3 is 14.5 Å². The molecule has 0 spiro atoms. The Labute approximate surface area is 151 Å². The van der Waals surface area contributed by atoms with E-state index >= 15 is 0 Å². The molecule has 0 aliphatic carbocycles. The Hall–Kier alpha value is -3.28. The Morgan fingerprint density at radius 2 is 1.96 bits per heavy atom. The molecule has 0 radical (unpaired) electrons. The van der Waals surface area contributed by atoms with Crippen molar-refractivity contribution >= 4 is 11.5 Å². The molecule has 0 fully saturated rings. The number of fused-ring (bicyclic) bond motifs is 1. The van der Waals surface area contributed by atoms with E-state index in [9.17, 15) is 0 Å². The van der Waals surface area contributed by atoms with E-state index in [1.54, 1.807) is 13.4 Å². The maximum absolute atomic E-state index is 5.40. The number of hydrogen-bond acceptors (Lipinski definition) is 5. The summed E-state index contributed by atoms with van der Waals surface area (Å²) in [6.07, 6.45) is 1.67. The van der Waals surface area contributed by atoms with Gasteiger partial charge in [-0.2, -0.15) is 9.61 Å². The molecule has 0 aliphatic rings. The van der Waals surface area contributed by atoms with E-state index in [4.69, 9.17) is 19.2 Å². The highest BCUT2D eigenvalue weighted by Crippen LogP contribution is 2.30. The number of aromatic nitrogens is 3. The zero-order chi connectivity index (χ0) is 18.1. The number of anilines is 1. The van der Waals surface area contributed by atoms with Gasteiger partial charge in [-0.1, -0.05) is 12.1 Å². The van der Waals surface area contributed by atoms with Gasteiger partial charge in [0.2, 0.25) is 0 Å². The lowest BCUT2D eigenvalue weighted by atomic mass is 10.1. The largest absolute Gasteiger partial charge is 0.497 e. The first-order chi connectivity index (χ1) is 12.7. The number of methoxy groups -OCH3 is 1. The normalized spacial score (nSPS) is 11.0. The maximum Gasteiger partial charge on any atom is 0.165 e. The molecular weight excluding hydrogens is 328 g/mol. The van der Waals surface area contributed by atoms with Gasteiger partial charge in [0.05, 0.1) is 25.6 Å². The van der Waals surface area contributed by atoms with Crippen LogP contribution in [0.4, 0.5) is 5.82 Å². The molecule has 0 saturated heterocycles. The van der Waals surface area contributed by atoms with E-state index in [1.165, 1.54) is 0 Å². The van der Waals surface area contributed by atoms with Crippen LogP contribution in [-0.4, -0.2) is 21.7 Å². The van der Waals surface area contributed by atoms with Crippen LogP contribution < -0.4 is 10.1 Å². The van der Waals surface area contributed by atoms with Crippen LogP contribution >= 0.6 is 0 Å². The van der Waals surface area contributed by atoms with Crippen molar-refractivity contribution in [3.8, 4) is 16.9 Å². The van der Waals surface area contributed by atoms with Crippen molar-refractivity contribution in [2.45, 2.75) is 20.4 Å². The molecule has 1 N–H and O–H groups in total. The van der Waals surface area contributed by atoms with Gasteiger partial charge >= 0.3 is 0 Å². The van der Waals surface area contributed by atoms with Gasteiger partial charge in [0.1, 0.15) is 17.3 Å². The molecule has 3 aromatic heterocycles. The Morgan fingerprint density at radius 1 is 1.15 bits per heavy atom. The Bertz CT molecular complexity index is 1030. The van der Waals surface area contributed by atoms with Gasteiger partial charge in [0, 0.05) is 17.3 Å². The summed E-state index contributed by atoms with van der Waals surface area (Å²) in [5, 5.41) is 8.09. The number of aryl methyl sites for hydroxylation is 2. The molecule has 0 amide bonds. The molecular formula is C20H20N4O2. The van der Waals surface area contributed by atoms with Gasteiger partial charge in [0.25, 0.3) is 0 Å². The van der Waals surface area contributed by atoms with E-state index in [-0.39, 0.29) is 0 Å². The summed E-state index contributed by atoms with van der Waals surface area (Å²) in [5.41, 5.74) is 4.77. The van der Waals surface area contributed by atoms with E-state index in [1.807, 2.05) is 60.8 Å².